The number of hydrogen-bond donors (Lipinski definition) is 2. The Balaban J connectivity index is 1.91. The molecule has 2 aromatic carbocycles. The minimum absolute atomic E-state index is 0.0635. The summed E-state index contributed by atoms with van der Waals surface area (Å²) in [7, 11) is -4.03. The van der Waals surface area contributed by atoms with E-state index in [-0.39, 0.29) is 14.9 Å². The van der Waals surface area contributed by atoms with E-state index < -0.39 is 34.5 Å². The Hall–Kier alpha value is -2.13. The zero-order chi connectivity index (χ0) is 21.6. The molecule has 2 rings (SSSR count). The van der Waals surface area contributed by atoms with Crippen molar-refractivity contribution in [1.29, 1.82) is 0 Å². The summed E-state index contributed by atoms with van der Waals surface area (Å²) in [5.74, 6) is -1.43. The monoisotopic (exact) mass is 458 g/mol. The maximum atomic E-state index is 12.4. The summed E-state index contributed by atoms with van der Waals surface area (Å²) in [6, 6.07) is 9.80. The van der Waals surface area contributed by atoms with Gasteiger partial charge in [0.2, 0.25) is 10.0 Å². The van der Waals surface area contributed by atoms with Gasteiger partial charge in [0.05, 0.1) is 14.9 Å². The van der Waals surface area contributed by atoms with Crippen LogP contribution in [0.25, 0.3) is 0 Å². The summed E-state index contributed by atoms with van der Waals surface area (Å²) in [6.45, 7) is 2.75. The highest BCUT2D eigenvalue weighted by Gasteiger charge is 2.24. The molecule has 7 nitrogen and oxygen atoms in total. The molecule has 2 aromatic rings. The van der Waals surface area contributed by atoms with E-state index in [9.17, 15) is 18.0 Å². The summed E-state index contributed by atoms with van der Waals surface area (Å²) >= 11 is 11.6. The van der Waals surface area contributed by atoms with Crippen LogP contribution in [0.4, 0.5) is 5.69 Å². The third-order valence-corrected chi connectivity index (χ3v) is 6.13. The molecule has 1 amide bonds. The molecular formula is C19H20Cl2N2O5S. The fourth-order valence-corrected chi connectivity index (χ4v) is 3.90. The van der Waals surface area contributed by atoms with Gasteiger partial charge in [0.25, 0.3) is 5.91 Å². The van der Waals surface area contributed by atoms with Gasteiger partial charge in [-0.1, -0.05) is 42.3 Å². The van der Waals surface area contributed by atoms with Crippen molar-refractivity contribution >= 4 is 50.8 Å². The van der Waals surface area contributed by atoms with Crippen molar-refractivity contribution in [2.75, 3.05) is 11.9 Å². The van der Waals surface area contributed by atoms with Crippen molar-refractivity contribution in [1.82, 2.24) is 4.72 Å². The summed E-state index contributed by atoms with van der Waals surface area (Å²) in [4.78, 5) is 23.9. The van der Waals surface area contributed by atoms with Crippen LogP contribution in [0.15, 0.2) is 47.4 Å². The van der Waals surface area contributed by atoms with Gasteiger partial charge in [-0.2, -0.15) is 4.72 Å². The number of carbonyl (C=O) groups excluding carboxylic acids is 2. The molecular weight excluding hydrogens is 439 g/mol. The molecule has 10 heteroatoms. The number of nitrogens with one attached hydrogen (secondary N) is 2. The summed E-state index contributed by atoms with van der Waals surface area (Å²) in [6.07, 6.45) is 0.815. The van der Waals surface area contributed by atoms with Gasteiger partial charge < -0.3 is 10.1 Å². The maximum Gasteiger partial charge on any atom is 0.324 e. The van der Waals surface area contributed by atoms with E-state index >= 15 is 0 Å². The van der Waals surface area contributed by atoms with Crippen LogP contribution in [0.1, 0.15) is 19.4 Å². The first-order valence-corrected chi connectivity index (χ1v) is 10.9. The van der Waals surface area contributed by atoms with Crippen molar-refractivity contribution in [2.24, 2.45) is 0 Å². The lowest BCUT2D eigenvalue weighted by atomic mass is 10.1. The number of ether oxygens (including phenoxy) is 1. The van der Waals surface area contributed by atoms with Crippen LogP contribution in [0, 0.1) is 0 Å². The first-order valence-electron chi connectivity index (χ1n) is 8.65. The second-order valence-electron chi connectivity index (χ2n) is 6.13. The lowest BCUT2D eigenvalue weighted by molar-refractivity contribution is -0.148. The minimum atomic E-state index is -4.03. The quantitative estimate of drug-likeness (QED) is 0.590. The normalized spacial score (nSPS) is 12.3. The summed E-state index contributed by atoms with van der Waals surface area (Å²) in [5.41, 5.74) is 1.63. The SMILES string of the molecule is CCc1cccc(NC(=O)COC(=O)[C@H](C)NS(=O)(=O)c2ccc(Cl)c(Cl)c2)c1. The number of sulfonamides is 1. The molecule has 0 aliphatic rings. The van der Waals surface area contributed by atoms with Crippen LogP contribution < -0.4 is 10.0 Å². The van der Waals surface area contributed by atoms with Gasteiger partial charge in [-0.25, -0.2) is 8.42 Å². The summed E-state index contributed by atoms with van der Waals surface area (Å²) in [5, 5.41) is 2.88. The van der Waals surface area contributed by atoms with Gasteiger partial charge in [-0.15, -0.1) is 0 Å². The molecule has 0 unspecified atom stereocenters. The lowest BCUT2D eigenvalue weighted by Crippen LogP contribution is -2.40. The van der Waals surface area contributed by atoms with Gasteiger partial charge in [-0.05, 0) is 49.2 Å². The number of benzene rings is 2. The van der Waals surface area contributed by atoms with Gasteiger partial charge in [0.15, 0.2) is 6.61 Å². The van der Waals surface area contributed by atoms with Gasteiger partial charge >= 0.3 is 5.97 Å². The van der Waals surface area contributed by atoms with Crippen molar-refractivity contribution < 1.29 is 22.7 Å². The highest BCUT2D eigenvalue weighted by Crippen LogP contribution is 2.24. The molecule has 0 saturated heterocycles. The number of esters is 1. The first kappa shape index (κ1) is 23.2. The smallest absolute Gasteiger partial charge is 0.324 e. The molecule has 0 radical (unpaired) electrons. The van der Waals surface area contributed by atoms with Crippen molar-refractivity contribution in [2.45, 2.75) is 31.2 Å². The Labute approximate surface area is 179 Å². The molecule has 156 valence electrons. The fraction of sp³-hybridized carbons (Fsp3) is 0.263. The first-order chi connectivity index (χ1) is 13.6. The third kappa shape index (κ3) is 6.71. The Kier molecular flexibility index (Phi) is 8.04. The standard InChI is InChI=1S/C19H20Cl2N2O5S/c1-3-13-5-4-6-14(9-13)22-18(24)11-28-19(25)12(2)23-29(26,27)15-7-8-16(20)17(21)10-15/h4-10,12,23H,3,11H2,1-2H3,(H,22,24)/t12-/m0/s1. The number of amides is 1. The molecule has 0 bridgehead atoms. The lowest BCUT2D eigenvalue weighted by Gasteiger charge is -2.14. The molecule has 1 atom stereocenters. The summed E-state index contributed by atoms with van der Waals surface area (Å²) < 4.78 is 31.8. The molecule has 0 fully saturated rings. The zero-order valence-corrected chi connectivity index (χ0v) is 18.1. The number of anilines is 1. The van der Waals surface area contributed by atoms with Crippen LogP contribution in [0.5, 0.6) is 0 Å². The van der Waals surface area contributed by atoms with Gasteiger partial charge in [0, 0.05) is 5.69 Å². The van der Waals surface area contributed by atoms with Gasteiger partial charge in [-0.3, -0.25) is 9.59 Å². The molecule has 0 saturated carbocycles. The fourth-order valence-electron chi connectivity index (χ4n) is 2.32. The number of carbonyl (C=O) groups is 2. The number of rotatable bonds is 8. The highest BCUT2D eigenvalue weighted by atomic mass is 35.5. The molecule has 29 heavy (non-hydrogen) atoms. The number of halogens is 2. The van der Waals surface area contributed by atoms with Crippen LogP contribution in [-0.2, 0) is 30.8 Å². The minimum Gasteiger partial charge on any atom is -0.454 e. The molecule has 0 aliphatic heterocycles. The van der Waals surface area contributed by atoms with Crippen LogP contribution in [-0.4, -0.2) is 32.9 Å². The zero-order valence-electron chi connectivity index (χ0n) is 15.7. The van der Waals surface area contributed by atoms with Crippen molar-refractivity contribution in [3.8, 4) is 0 Å². The second kappa shape index (κ2) is 10.1. The second-order valence-corrected chi connectivity index (χ2v) is 8.66. The van der Waals surface area contributed by atoms with E-state index in [1.165, 1.54) is 25.1 Å². The van der Waals surface area contributed by atoms with E-state index in [2.05, 4.69) is 10.0 Å². The molecule has 0 aliphatic carbocycles. The Morgan fingerprint density at radius 3 is 2.48 bits per heavy atom. The van der Waals surface area contributed by atoms with Crippen LogP contribution in [0.3, 0.4) is 0 Å². The van der Waals surface area contributed by atoms with Gasteiger partial charge in [0.1, 0.15) is 6.04 Å². The largest absolute Gasteiger partial charge is 0.454 e. The molecule has 0 spiro atoms. The molecule has 0 aromatic heterocycles. The highest BCUT2D eigenvalue weighted by molar-refractivity contribution is 7.89. The predicted octanol–water partition coefficient (Wildman–Crippen LogP) is 3.40. The molecule has 2 N–H and O–H groups in total. The van der Waals surface area contributed by atoms with E-state index in [1.54, 1.807) is 12.1 Å². The van der Waals surface area contributed by atoms with Crippen molar-refractivity contribution in [3.05, 3.63) is 58.1 Å². The number of hydrogen-bond acceptors (Lipinski definition) is 5. The van der Waals surface area contributed by atoms with Crippen LogP contribution >= 0.6 is 23.2 Å². The number of aryl methyl sites for hydroxylation is 1. The Morgan fingerprint density at radius 2 is 1.83 bits per heavy atom. The topological polar surface area (TPSA) is 102 Å². The van der Waals surface area contributed by atoms with E-state index in [4.69, 9.17) is 27.9 Å². The Morgan fingerprint density at radius 1 is 1.10 bits per heavy atom. The Bertz CT molecular complexity index is 1010. The third-order valence-electron chi connectivity index (χ3n) is 3.85. The average molecular weight is 459 g/mol. The van der Waals surface area contributed by atoms with Crippen LogP contribution in [0.2, 0.25) is 10.0 Å². The molecule has 0 heterocycles. The van der Waals surface area contributed by atoms with E-state index in [1.807, 2.05) is 19.1 Å². The van der Waals surface area contributed by atoms with E-state index in [0.717, 1.165) is 12.0 Å². The van der Waals surface area contributed by atoms with Crippen molar-refractivity contribution in [3.63, 3.8) is 0 Å². The van der Waals surface area contributed by atoms with E-state index in [0.29, 0.717) is 5.69 Å². The average Bonchev–Trinajstić information content (AvgIpc) is 2.67. The maximum absolute atomic E-state index is 12.4. The predicted molar refractivity (Wildman–Crippen MR) is 112 cm³/mol.